The van der Waals surface area contributed by atoms with E-state index in [1.165, 1.54) is 12.3 Å². The Morgan fingerprint density at radius 2 is 1.93 bits per heavy atom. The van der Waals surface area contributed by atoms with Crippen molar-refractivity contribution < 1.29 is 29.3 Å². The van der Waals surface area contributed by atoms with E-state index in [1.54, 1.807) is 0 Å². The van der Waals surface area contributed by atoms with Crippen molar-refractivity contribution in [3.05, 3.63) is 23.9 Å². The first-order valence-corrected chi connectivity index (χ1v) is 3.76. The van der Waals surface area contributed by atoms with Crippen molar-refractivity contribution in [1.82, 2.24) is 5.01 Å². The topological polar surface area (TPSA) is 122 Å². The van der Waals surface area contributed by atoms with Crippen LogP contribution in [0, 0.1) is 0 Å². The molecule has 82 valence electrons. The molecular formula is C7H8N2O6. The van der Waals surface area contributed by atoms with Crippen LogP contribution in [0.2, 0.25) is 0 Å². The summed E-state index contributed by atoms with van der Waals surface area (Å²) in [5.74, 6) is 4.77. The third kappa shape index (κ3) is 2.88. The predicted molar refractivity (Wildman–Crippen MR) is 45.0 cm³/mol. The van der Waals surface area contributed by atoms with Crippen LogP contribution >= 0.6 is 0 Å². The van der Waals surface area contributed by atoms with Crippen LogP contribution in [0.15, 0.2) is 23.9 Å². The zero-order chi connectivity index (χ0) is 11.4. The highest BCUT2D eigenvalue weighted by Gasteiger charge is 2.22. The molecule has 8 heteroatoms. The molecule has 0 unspecified atom stereocenters. The second-order valence-corrected chi connectivity index (χ2v) is 2.46. The highest BCUT2D eigenvalue weighted by molar-refractivity contribution is 5.60. The molecule has 1 heterocycles. The molecule has 0 atom stereocenters. The minimum Gasteiger partial charge on any atom is -0.449 e. The van der Waals surface area contributed by atoms with Crippen molar-refractivity contribution >= 4 is 12.3 Å². The molecule has 0 bridgehead atoms. The lowest BCUT2D eigenvalue weighted by molar-refractivity contribution is 0.0727. The highest BCUT2D eigenvalue weighted by atomic mass is 16.7. The lowest BCUT2D eigenvalue weighted by Gasteiger charge is -2.21. The van der Waals surface area contributed by atoms with Gasteiger partial charge in [-0.1, -0.05) is 6.08 Å². The van der Waals surface area contributed by atoms with Gasteiger partial charge in [0.05, 0.1) is 0 Å². The van der Waals surface area contributed by atoms with E-state index < -0.39 is 12.3 Å². The summed E-state index contributed by atoms with van der Waals surface area (Å²) in [4.78, 5) is 20.5. The number of nitrogens with two attached hydrogens (primary N) is 1. The molecule has 0 aromatic rings. The minimum atomic E-state index is -1.61. The van der Waals surface area contributed by atoms with Gasteiger partial charge in [0.15, 0.2) is 5.76 Å². The van der Waals surface area contributed by atoms with Crippen LogP contribution in [0.1, 0.15) is 6.42 Å². The van der Waals surface area contributed by atoms with Gasteiger partial charge >= 0.3 is 12.3 Å². The van der Waals surface area contributed by atoms with Gasteiger partial charge in [-0.2, -0.15) is 0 Å². The van der Waals surface area contributed by atoms with Crippen LogP contribution in [0.3, 0.4) is 0 Å². The molecule has 0 spiro atoms. The van der Waals surface area contributed by atoms with Crippen molar-refractivity contribution in [3.63, 3.8) is 0 Å². The number of carbonyl (C=O) groups is 2. The molecule has 8 nitrogen and oxygen atoms in total. The van der Waals surface area contributed by atoms with E-state index in [1.807, 2.05) is 0 Å². The lowest BCUT2D eigenvalue weighted by Crippen LogP contribution is -2.31. The third-order valence-electron chi connectivity index (χ3n) is 1.44. The molecule has 0 aromatic carbocycles. The molecular weight excluding hydrogens is 208 g/mol. The van der Waals surface area contributed by atoms with Gasteiger partial charge in [0.2, 0.25) is 0 Å². The van der Waals surface area contributed by atoms with Crippen LogP contribution in [0.25, 0.3) is 0 Å². The Morgan fingerprint density at radius 1 is 1.33 bits per heavy atom. The summed E-state index contributed by atoms with van der Waals surface area (Å²) >= 11 is 0. The number of hydrogen-bond acceptors (Lipinski definition) is 6. The number of hydrogen-bond donors (Lipinski definition) is 3. The van der Waals surface area contributed by atoms with E-state index in [-0.39, 0.29) is 18.1 Å². The Balaban J connectivity index is 2.89. The second-order valence-electron chi connectivity index (χ2n) is 2.46. The first kappa shape index (κ1) is 10.9. The van der Waals surface area contributed by atoms with Gasteiger partial charge in [-0.15, -0.1) is 0 Å². The van der Waals surface area contributed by atoms with E-state index in [0.29, 0.717) is 0 Å². The summed E-state index contributed by atoms with van der Waals surface area (Å²) in [6.07, 6.45) is -0.273. The van der Waals surface area contributed by atoms with Gasteiger partial charge in [0, 0.05) is 12.6 Å². The van der Waals surface area contributed by atoms with Gasteiger partial charge in [0.25, 0.3) is 5.88 Å². The monoisotopic (exact) mass is 216 g/mol. The maximum Gasteiger partial charge on any atom is 0.512 e. The number of allylic oxidation sites excluding steroid dienone is 1. The van der Waals surface area contributed by atoms with Gasteiger partial charge in [-0.3, -0.25) is 5.01 Å². The molecule has 0 amide bonds. The summed E-state index contributed by atoms with van der Waals surface area (Å²) in [7, 11) is 0. The molecule has 0 radical (unpaired) electrons. The zero-order valence-corrected chi connectivity index (χ0v) is 7.41. The van der Waals surface area contributed by atoms with Crippen LogP contribution in [0.4, 0.5) is 9.59 Å². The normalized spacial score (nSPS) is 15.1. The molecule has 15 heavy (non-hydrogen) atoms. The van der Waals surface area contributed by atoms with E-state index in [9.17, 15) is 9.59 Å². The average Bonchev–Trinajstić information content (AvgIpc) is 2.09. The standard InChI is InChI=1S/C7H8N2O6/c8-9-3-1-2-4(14-6(10)11)5(9)15-7(12)13/h1,3H,2,8H2,(H,10,11)(H,12,13). The van der Waals surface area contributed by atoms with Crippen molar-refractivity contribution in [1.29, 1.82) is 0 Å². The van der Waals surface area contributed by atoms with E-state index in [4.69, 9.17) is 16.1 Å². The van der Waals surface area contributed by atoms with Crippen LogP contribution in [-0.2, 0) is 9.47 Å². The van der Waals surface area contributed by atoms with Crippen LogP contribution in [0.5, 0.6) is 0 Å². The Hall–Kier alpha value is -2.22. The fourth-order valence-electron chi connectivity index (χ4n) is 0.955. The Morgan fingerprint density at radius 3 is 2.47 bits per heavy atom. The van der Waals surface area contributed by atoms with Gasteiger partial charge in [0.1, 0.15) is 0 Å². The first-order chi connectivity index (χ1) is 7.00. The van der Waals surface area contributed by atoms with Crippen LogP contribution < -0.4 is 5.84 Å². The largest absolute Gasteiger partial charge is 0.512 e. The lowest BCUT2D eigenvalue weighted by atomic mass is 10.3. The van der Waals surface area contributed by atoms with Crippen molar-refractivity contribution in [2.45, 2.75) is 6.42 Å². The molecule has 0 aliphatic carbocycles. The quantitative estimate of drug-likeness (QED) is 0.453. The third-order valence-corrected chi connectivity index (χ3v) is 1.44. The summed E-state index contributed by atoms with van der Waals surface area (Å²) in [5, 5.41) is 17.5. The molecule has 1 aliphatic rings. The van der Waals surface area contributed by atoms with Gasteiger partial charge in [-0.25, -0.2) is 15.4 Å². The van der Waals surface area contributed by atoms with E-state index in [0.717, 1.165) is 5.01 Å². The maximum absolute atomic E-state index is 10.3. The molecule has 0 saturated carbocycles. The molecule has 0 aromatic heterocycles. The fraction of sp³-hybridized carbons (Fsp3) is 0.143. The molecule has 1 rings (SSSR count). The van der Waals surface area contributed by atoms with Crippen LogP contribution in [-0.4, -0.2) is 27.5 Å². The average molecular weight is 216 g/mol. The van der Waals surface area contributed by atoms with Crippen molar-refractivity contribution in [3.8, 4) is 0 Å². The van der Waals surface area contributed by atoms with E-state index >= 15 is 0 Å². The Bertz CT molecular complexity index is 347. The number of hydrazine groups is 1. The zero-order valence-electron chi connectivity index (χ0n) is 7.41. The number of carboxylic acid groups (broad SMARTS) is 2. The second kappa shape index (κ2) is 4.33. The molecule has 4 N–H and O–H groups in total. The number of rotatable bonds is 2. The summed E-state index contributed by atoms with van der Waals surface area (Å²) in [5.41, 5.74) is 0. The summed E-state index contributed by atoms with van der Waals surface area (Å²) in [6.45, 7) is 0. The summed E-state index contributed by atoms with van der Waals surface area (Å²) in [6, 6.07) is 0. The predicted octanol–water partition coefficient (Wildman–Crippen LogP) is 0.638. The smallest absolute Gasteiger partial charge is 0.449 e. The molecule has 0 saturated heterocycles. The number of nitrogens with zero attached hydrogens (tertiary/aromatic N) is 1. The van der Waals surface area contributed by atoms with Crippen molar-refractivity contribution in [2.75, 3.05) is 0 Å². The maximum atomic E-state index is 10.3. The first-order valence-electron chi connectivity index (χ1n) is 3.76. The minimum absolute atomic E-state index is 0.0859. The SMILES string of the molecule is NN1C=CCC(OC(=O)O)=C1OC(=O)O. The van der Waals surface area contributed by atoms with E-state index in [2.05, 4.69) is 9.47 Å². The summed E-state index contributed by atoms with van der Waals surface area (Å²) < 4.78 is 8.58. The highest BCUT2D eigenvalue weighted by Crippen LogP contribution is 2.20. The Kier molecular flexibility index (Phi) is 3.13. The van der Waals surface area contributed by atoms with Gasteiger partial charge < -0.3 is 19.7 Å². The fourth-order valence-corrected chi connectivity index (χ4v) is 0.955. The molecule has 0 fully saturated rings. The molecule has 1 aliphatic heterocycles. The Labute approximate surface area is 83.8 Å². The number of ether oxygens (including phenoxy) is 2. The van der Waals surface area contributed by atoms with Crippen molar-refractivity contribution in [2.24, 2.45) is 5.84 Å². The van der Waals surface area contributed by atoms with Gasteiger partial charge in [-0.05, 0) is 0 Å².